The zero-order valence-corrected chi connectivity index (χ0v) is 11.7. The van der Waals surface area contributed by atoms with E-state index in [9.17, 15) is 4.79 Å². The van der Waals surface area contributed by atoms with Gasteiger partial charge in [0, 0.05) is 22.4 Å². The van der Waals surface area contributed by atoms with Crippen LogP contribution in [0.15, 0.2) is 40.9 Å². The molecule has 0 atom stereocenters. The second kappa shape index (κ2) is 4.28. The largest absolute Gasteiger partial charge is 0.477 e. The molecule has 0 saturated heterocycles. The lowest BCUT2D eigenvalue weighted by Crippen LogP contribution is -2.05. The molecule has 3 rings (SSSR count). The number of nitrogens with one attached hydrogen (secondary N) is 1. The zero-order chi connectivity index (χ0) is 13.6. The molecule has 0 aliphatic heterocycles. The Morgan fingerprint density at radius 2 is 2.05 bits per heavy atom. The lowest BCUT2D eigenvalue weighted by Gasteiger charge is -2.02. The quantitative estimate of drug-likeness (QED) is 0.758. The van der Waals surface area contributed by atoms with Crippen molar-refractivity contribution in [3.8, 4) is 11.4 Å². The fraction of sp³-hybridized carbons (Fsp3) is 0.0714. The first kappa shape index (κ1) is 12.0. The van der Waals surface area contributed by atoms with Crippen molar-refractivity contribution in [2.45, 2.75) is 0 Å². The third-order valence-electron chi connectivity index (χ3n) is 3.20. The molecule has 2 aromatic heterocycles. The van der Waals surface area contributed by atoms with Crippen LogP contribution in [0.2, 0.25) is 0 Å². The summed E-state index contributed by atoms with van der Waals surface area (Å²) in [6, 6.07) is 11.4. The number of hydrogen-bond donors (Lipinski definition) is 2. The van der Waals surface area contributed by atoms with Crippen LogP contribution in [0.3, 0.4) is 0 Å². The molecule has 2 heterocycles. The third-order valence-corrected chi connectivity index (χ3v) is 3.69. The van der Waals surface area contributed by atoms with Gasteiger partial charge < -0.3 is 14.7 Å². The van der Waals surface area contributed by atoms with Crippen molar-refractivity contribution in [1.82, 2.24) is 9.55 Å². The van der Waals surface area contributed by atoms with Crippen LogP contribution in [0.25, 0.3) is 22.3 Å². The van der Waals surface area contributed by atoms with Gasteiger partial charge in [0.2, 0.25) is 0 Å². The summed E-state index contributed by atoms with van der Waals surface area (Å²) in [6.07, 6.45) is 0. The molecule has 5 heteroatoms. The molecule has 0 unspecified atom stereocenters. The van der Waals surface area contributed by atoms with Crippen LogP contribution in [0.1, 0.15) is 10.5 Å². The molecule has 0 fully saturated rings. The molecule has 0 radical (unpaired) electrons. The van der Waals surface area contributed by atoms with Crippen molar-refractivity contribution in [3.63, 3.8) is 0 Å². The van der Waals surface area contributed by atoms with Crippen LogP contribution in [0.4, 0.5) is 0 Å². The monoisotopic (exact) mass is 318 g/mol. The van der Waals surface area contributed by atoms with E-state index in [1.807, 2.05) is 30.3 Å². The molecule has 19 heavy (non-hydrogen) atoms. The van der Waals surface area contributed by atoms with Gasteiger partial charge in [0.05, 0.1) is 11.4 Å². The summed E-state index contributed by atoms with van der Waals surface area (Å²) >= 11 is 3.44. The van der Waals surface area contributed by atoms with Crippen molar-refractivity contribution in [3.05, 3.63) is 46.6 Å². The van der Waals surface area contributed by atoms with E-state index in [1.54, 1.807) is 17.7 Å². The van der Waals surface area contributed by atoms with Crippen molar-refractivity contribution in [1.29, 1.82) is 0 Å². The number of carboxylic acids is 1. The Kier molecular flexibility index (Phi) is 2.71. The molecule has 2 N–H and O–H groups in total. The Labute approximate surface area is 117 Å². The molecule has 3 aromatic rings. The number of hydrogen-bond acceptors (Lipinski definition) is 1. The highest BCUT2D eigenvalue weighted by Crippen LogP contribution is 2.27. The lowest BCUT2D eigenvalue weighted by atomic mass is 10.2. The number of aromatic carboxylic acids is 1. The summed E-state index contributed by atoms with van der Waals surface area (Å²) in [5.74, 6) is -0.924. The Morgan fingerprint density at radius 1 is 1.26 bits per heavy atom. The Morgan fingerprint density at radius 3 is 2.74 bits per heavy atom. The van der Waals surface area contributed by atoms with Gasteiger partial charge in [-0.2, -0.15) is 0 Å². The predicted molar refractivity (Wildman–Crippen MR) is 77.4 cm³/mol. The number of H-pyrrole nitrogens is 1. The van der Waals surface area contributed by atoms with Crippen molar-refractivity contribution >= 4 is 32.8 Å². The van der Waals surface area contributed by atoms with Crippen LogP contribution < -0.4 is 0 Å². The van der Waals surface area contributed by atoms with E-state index in [0.717, 1.165) is 26.8 Å². The maximum Gasteiger partial charge on any atom is 0.352 e. The minimum Gasteiger partial charge on any atom is -0.477 e. The van der Waals surface area contributed by atoms with Gasteiger partial charge in [-0.3, -0.25) is 0 Å². The van der Waals surface area contributed by atoms with Gasteiger partial charge in [-0.1, -0.05) is 15.9 Å². The van der Waals surface area contributed by atoms with Crippen molar-refractivity contribution < 1.29 is 9.90 Å². The molecule has 96 valence electrons. The highest BCUT2D eigenvalue weighted by molar-refractivity contribution is 9.10. The van der Waals surface area contributed by atoms with Crippen LogP contribution in [-0.4, -0.2) is 20.6 Å². The predicted octanol–water partition coefficient (Wildman–Crippen LogP) is 3.63. The Hall–Kier alpha value is -2.01. The van der Waals surface area contributed by atoms with E-state index in [2.05, 4.69) is 20.9 Å². The molecule has 0 saturated carbocycles. The number of carboxylic acid groups (broad SMARTS) is 1. The van der Waals surface area contributed by atoms with E-state index in [1.165, 1.54) is 0 Å². The highest BCUT2D eigenvalue weighted by Gasteiger charge is 2.13. The van der Waals surface area contributed by atoms with Crippen LogP contribution >= 0.6 is 15.9 Å². The molecular formula is C14H11BrN2O2. The molecule has 0 aliphatic rings. The SMILES string of the molecule is Cn1c(C(=O)O)ccc1-c1cc2cc(Br)ccc2[nH]1. The molecule has 0 amide bonds. The fourth-order valence-electron chi connectivity index (χ4n) is 2.24. The maximum absolute atomic E-state index is 11.0. The average Bonchev–Trinajstić information content (AvgIpc) is 2.91. The third kappa shape index (κ3) is 1.96. The molecule has 0 aliphatic carbocycles. The van der Waals surface area contributed by atoms with E-state index in [0.29, 0.717) is 0 Å². The minimum atomic E-state index is -0.924. The number of carbonyl (C=O) groups is 1. The average molecular weight is 319 g/mol. The van der Waals surface area contributed by atoms with E-state index in [4.69, 9.17) is 5.11 Å². The number of rotatable bonds is 2. The number of fused-ring (bicyclic) bond motifs is 1. The lowest BCUT2D eigenvalue weighted by molar-refractivity contribution is 0.0687. The minimum absolute atomic E-state index is 0.273. The van der Waals surface area contributed by atoms with E-state index >= 15 is 0 Å². The first-order valence-corrected chi connectivity index (χ1v) is 6.53. The number of halogens is 1. The number of aromatic nitrogens is 2. The second-order valence-corrected chi connectivity index (χ2v) is 5.30. The summed E-state index contributed by atoms with van der Waals surface area (Å²) in [5, 5.41) is 10.2. The standard InChI is InChI=1S/C14H11BrN2O2/c1-17-12(4-5-13(17)14(18)19)11-7-8-6-9(15)2-3-10(8)16-11/h2-7,16H,1H3,(H,18,19). The number of aromatic amines is 1. The van der Waals surface area contributed by atoms with Crippen molar-refractivity contribution in [2.75, 3.05) is 0 Å². The van der Waals surface area contributed by atoms with E-state index in [-0.39, 0.29) is 5.69 Å². The summed E-state index contributed by atoms with van der Waals surface area (Å²) < 4.78 is 2.69. The summed E-state index contributed by atoms with van der Waals surface area (Å²) in [5.41, 5.74) is 3.05. The van der Waals surface area contributed by atoms with Gasteiger partial charge in [-0.15, -0.1) is 0 Å². The maximum atomic E-state index is 11.0. The molecule has 1 aromatic carbocycles. The summed E-state index contributed by atoms with van der Waals surface area (Å²) in [6.45, 7) is 0. The molecule has 4 nitrogen and oxygen atoms in total. The topological polar surface area (TPSA) is 58.0 Å². The normalized spacial score (nSPS) is 11.1. The highest BCUT2D eigenvalue weighted by atomic mass is 79.9. The van der Waals surface area contributed by atoms with Crippen LogP contribution in [0.5, 0.6) is 0 Å². The van der Waals surface area contributed by atoms with Gasteiger partial charge in [-0.25, -0.2) is 4.79 Å². The smallest absolute Gasteiger partial charge is 0.352 e. The first-order valence-electron chi connectivity index (χ1n) is 5.74. The molecule has 0 bridgehead atoms. The molecular weight excluding hydrogens is 308 g/mol. The zero-order valence-electron chi connectivity index (χ0n) is 10.1. The Bertz CT molecular complexity index is 786. The van der Waals surface area contributed by atoms with Gasteiger partial charge in [-0.05, 0) is 36.4 Å². The summed E-state index contributed by atoms with van der Waals surface area (Å²) in [4.78, 5) is 14.3. The van der Waals surface area contributed by atoms with Crippen LogP contribution in [-0.2, 0) is 7.05 Å². The second-order valence-electron chi connectivity index (χ2n) is 4.38. The van der Waals surface area contributed by atoms with Gasteiger partial charge >= 0.3 is 5.97 Å². The fourth-order valence-corrected chi connectivity index (χ4v) is 2.62. The molecule has 0 spiro atoms. The van der Waals surface area contributed by atoms with Crippen LogP contribution in [0, 0.1) is 0 Å². The Balaban J connectivity index is 2.16. The van der Waals surface area contributed by atoms with Crippen molar-refractivity contribution in [2.24, 2.45) is 7.05 Å². The van der Waals surface area contributed by atoms with Gasteiger partial charge in [0.25, 0.3) is 0 Å². The first-order chi connectivity index (χ1) is 9.06. The number of nitrogens with zero attached hydrogens (tertiary/aromatic N) is 1. The van der Waals surface area contributed by atoms with E-state index < -0.39 is 5.97 Å². The van der Waals surface area contributed by atoms with Gasteiger partial charge in [0.1, 0.15) is 5.69 Å². The summed E-state index contributed by atoms with van der Waals surface area (Å²) in [7, 11) is 1.75. The van der Waals surface area contributed by atoms with Gasteiger partial charge in [0.15, 0.2) is 0 Å². The number of benzene rings is 1.